The highest BCUT2D eigenvalue weighted by molar-refractivity contribution is 6.31. The second-order valence-corrected chi connectivity index (χ2v) is 6.47. The number of nitrogens with one attached hydrogen (secondary N) is 1. The summed E-state index contributed by atoms with van der Waals surface area (Å²) in [6, 6.07) is 14.6. The van der Waals surface area contributed by atoms with E-state index in [1.807, 2.05) is 0 Å². The Kier molecular flexibility index (Phi) is 4.95. The van der Waals surface area contributed by atoms with E-state index in [-0.39, 0.29) is 18.1 Å². The third kappa shape index (κ3) is 3.97. The van der Waals surface area contributed by atoms with Crippen LogP contribution in [0.15, 0.2) is 71.4 Å². The highest BCUT2D eigenvalue weighted by atomic mass is 35.5. The number of ether oxygens (including phenoxy) is 1. The van der Waals surface area contributed by atoms with Crippen LogP contribution in [-0.2, 0) is 6.54 Å². The van der Waals surface area contributed by atoms with Crippen LogP contribution in [0.5, 0.6) is 11.5 Å². The molecule has 4 rings (SSSR count). The van der Waals surface area contributed by atoms with Crippen molar-refractivity contribution in [2.75, 3.05) is 0 Å². The number of pyridine rings is 1. The van der Waals surface area contributed by atoms with Crippen molar-refractivity contribution in [1.82, 2.24) is 10.3 Å². The Morgan fingerprint density at radius 1 is 1.18 bits per heavy atom. The average molecular weight is 397 g/mol. The first kappa shape index (κ1) is 18.0. The number of hydrogen-bond acceptors (Lipinski definition) is 4. The van der Waals surface area contributed by atoms with Gasteiger partial charge in [0.2, 0.25) is 0 Å². The Morgan fingerprint density at radius 2 is 2.07 bits per heavy atom. The number of benzene rings is 2. The second-order valence-electron chi connectivity index (χ2n) is 6.03. The zero-order valence-electron chi connectivity index (χ0n) is 14.5. The molecule has 140 valence electrons. The predicted molar refractivity (Wildman–Crippen MR) is 103 cm³/mol. The van der Waals surface area contributed by atoms with Crippen LogP contribution >= 0.6 is 11.6 Å². The smallest absolute Gasteiger partial charge is 0.287 e. The molecule has 0 atom stereocenters. The van der Waals surface area contributed by atoms with Gasteiger partial charge in [-0.1, -0.05) is 17.7 Å². The topological polar surface area (TPSA) is 64.4 Å². The van der Waals surface area contributed by atoms with Gasteiger partial charge in [0.1, 0.15) is 11.3 Å². The van der Waals surface area contributed by atoms with E-state index >= 15 is 0 Å². The monoisotopic (exact) mass is 396 g/mol. The van der Waals surface area contributed by atoms with Crippen molar-refractivity contribution in [3.63, 3.8) is 0 Å². The molecule has 0 saturated heterocycles. The third-order valence-electron chi connectivity index (χ3n) is 4.01. The second kappa shape index (κ2) is 7.70. The maximum Gasteiger partial charge on any atom is 0.287 e. The van der Waals surface area contributed by atoms with E-state index in [4.69, 9.17) is 20.8 Å². The molecule has 28 heavy (non-hydrogen) atoms. The lowest BCUT2D eigenvalue weighted by atomic mass is 10.2. The van der Waals surface area contributed by atoms with Crippen molar-refractivity contribution >= 4 is 28.5 Å². The van der Waals surface area contributed by atoms with Crippen LogP contribution in [0.25, 0.3) is 11.0 Å². The van der Waals surface area contributed by atoms with Gasteiger partial charge in [-0.2, -0.15) is 0 Å². The molecule has 1 N–H and O–H groups in total. The van der Waals surface area contributed by atoms with Gasteiger partial charge in [0.25, 0.3) is 5.91 Å². The SMILES string of the molecule is O=C(NCc1ccc(Oc2cccnc2)c(F)c1)c1cc2cc(Cl)ccc2o1. The summed E-state index contributed by atoms with van der Waals surface area (Å²) in [5.74, 6) is -0.253. The molecule has 1 amide bonds. The molecule has 0 aliphatic heterocycles. The van der Waals surface area contributed by atoms with Gasteiger partial charge < -0.3 is 14.5 Å². The Hall–Kier alpha value is -3.38. The van der Waals surface area contributed by atoms with Crippen LogP contribution < -0.4 is 10.1 Å². The molecule has 7 heteroatoms. The first-order chi connectivity index (χ1) is 13.6. The van der Waals surface area contributed by atoms with E-state index in [1.54, 1.807) is 48.7 Å². The Bertz CT molecular complexity index is 1150. The van der Waals surface area contributed by atoms with E-state index in [9.17, 15) is 9.18 Å². The lowest BCUT2D eigenvalue weighted by Gasteiger charge is -2.08. The molecule has 0 bridgehead atoms. The molecule has 2 heterocycles. The summed E-state index contributed by atoms with van der Waals surface area (Å²) in [4.78, 5) is 16.2. The minimum Gasteiger partial charge on any atom is -0.453 e. The van der Waals surface area contributed by atoms with Crippen molar-refractivity contribution in [3.8, 4) is 11.5 Å². The van der Waals surface area contributed by atoms with Gasteiger partial charge >= 0.3 is 0 Å². The van der Waals surface area contributed by atoms with Gasteiger partial charge in [-0.3, -0.25) is 9.78 Å². The average Bonchev–Trinajstić information content (AvgIpc) is 3.12. The molecule has 0 aliphatic carbocycles. The van der Waals surface area contributed by atoms with Crippen molar-refractivity contribution in [1.29, 1.82) is 0 Å². The van der Waals surface area contributed by atoms with Crippen LogP contribution in [0, 0.1) is 5.82 Å². The van der Waals surface area contributed by atoms with Gasteiger partial charge in [-0.25, -0.2) is 4.39 Å². The number of amides is 1. The molecule has 0 unspecified atom stereocenters. The third-order valence-corrected chi connectivity index (χ3v) is 4.25. The van der Waals surface area contributed by atoms with Crippen molar-refractivity contribution in [2.24, 2.45) is 0 Å². The molecule has 0 spiro atoms. The largest absolute Gasteiger partial charge is 0.453 e. The number of hydrogen-bond donors (Lipinski definition) is 1. The van der Waals surface area contributed by atoms with E-state index in [0.29, 0.717) is 21.9 Å². The normalized spacial score (nSPS) is 10.8. The number of carbonyl (C=O) groups excluding carboxylic acids is 1. The molecule has 0 aliphatic rings. The zero-order valence-corrected chi connectivity index (χ0v) is 15.2. The molecule has 5 nitrogen and oxygen atoms in total. The van der Waals surface area contributed by atoms with Crippen LogP contribution in [0.2, 0.25) is 5.02 Å². The van der Waals surface area contributed by atoms with Crippen molar-refractivity contribution in [2.45, 2.75) is 6.54 Å². The quantitative estimate of drug-likeness (QED) is 0.494. The minimum atomic E-state index is -0.533. The highest BCUT2D eigenvalue weighted by Crippen LogP contribution is 2.25. The fourth-order valence-corrected chi connectivity index (χ4v) is 2.85. The number of nitrogens with zero attached hydrogens (tertiary/aromatic N) is 1. The summed E-state index contributed by atoms with van der Waals surface area (Å²) >= 11 is 5.94. The van der Waals surface area contributed by atoms with E-state index in [2.05, 4.69) is 10.3 Å². The first-order valence-electron chi connectivity index (χ1n) is 8.42. The van der Waals surface area contributed by atoms with Gasteiger partial charge in [-0.15, -0.1) is 0 Å². The standard InChI is InChI=1S/C21H14ClFN2O3/c22-15-4-6-18-14(9-15)10-20(28-18)21(26)25-11-13-3-5-19(17(23)8-13)27-16-2-1-7-24-12-16/h1-10,12H,11H2,(H,25,26). The van der Waals surface area contributed by atoms with Crippen LogP contribution in [0.1, 0.15) is 16.1 Å². The summed E-state index contributed by atoms with van der Waals surface area (Å²) < 4.78 is 25.2. The molecule has 2 aromatic carbocycles. The summed E-state index contributed by atoms with van der Waals surface area (Å²) in [5.41, 5.74) is 1.15. The van der Waals surface area contributed by atoms with Crippen molar-refractivity contribution in [3.05, 3.63) is 89.2 Å². The molecule has 0 radical (unpaired) electrons. The van der Waals surface area contributed by atoms with Crippen LogP contribution in [-0.4, -0.2) is 10.9 Å². The maximum atomic E-state index is 14.3. The number of carbonyl (C=O) groups is 1. The lowest BCUT2D eigenvalue weighted by Crippen LogP contribution is -2.22. The summed E-state index contributed by atoms with van der Waals surface area (Å²) in [6.45, 7) is 0.140. The predicted octanol–water partition coefficient (Wildman–Crippen LogP) is 5.34. The molecule has 4 aromatic rings. The Balaban J connectivity index is 1.42. The van der Waals surface area contributed by atoms with E-state index in [1.165, 1.54) is 18.3 Å². The zero-order chi connectivity index (χ0) is 19.5. The Labute approximate surface area is 164 Å². The Morgan fingerprint density at radius 3 is 2.86 bits per heavy atom. The van der Waals surface area contributed by atoms with E-state index < -0.39 is 11.7 Å². The minimum absolute atomic E-state index is 0.0808. The summed E-state index contributed by atoms with van der Waals surface area (Å²) in [6.07, 6.45) is 3.10. The first-order valence-corrected chi connectivity index (χ1v) is 8.80. The van der Waals surface area contributed by atoms with Crippen LogP contribution in [0.3, 0.4) is 0 Å². The number of halogens is 2. The van der Waals surface area contributed by atoms with Gasteiger partial charge in [0.15, 0.2) is 17.3 Å². The highest BCUT2D eigenvalue weighted by Gasteiger charge is 2.13. The maximum absolute atomic E-state index is 14.3. The fourth-order valence-electron chi connectivity index (χ4n) is 2.67. The molecule has 2 aromatic heterocycles. The molecular formula is C21H14ClFN2O3. The molecule has 0 fully saturated rings. The van der Waals surface area contributed by atoms with Crippen LogP contribution in [0.4, 0.5) is 4.39 Å². The van der Waals surface area contributed by atoms with Gasteiger partial charge in [-0.05, 0) is 54.1 Å². The van der Waals surface area contributed by atoms with Crippen molar-refractivity contribution < 1.29 is 18.3 Å². The summed E-state index contributed by atoms with van der Waals surface area (Å²) in [5, 5.41) is 4.00. The van der Waals surface area contributed by atoms with Gasteiger partial charge in [0, 0.05) is 23.2 Å². The lowest BCUT2D eigenvalue weighted by molar-refractivity contribution is 0.0925. The number of fused-ring (bicyclic) bond motifs is 1. The number of rotatable bonds is 5. The number of furan rings is 1. The summed E-state index contributed by atoms with van der Waals surface area (Å²) in [7, 11) is 0. The van der Waals surface area contributed by atoms with Gasteiger partial charge in [0.05, 0.1) is 6.20 Å². The number of aromatic nitrogens is 1. The van der Waals surface area contributed by atoms with E-state index in [0.717, 1.165) is 5.39 Å². The fraction of sp³-hybridized carbons (Fsp3) is 0.0476. The molecule has 0 saturated carbocycles. The molecular weight excluding hydrogens is 383 g/mol.